The Bertz CT molecular complexity index is 541. The standard InChI is InChI=1S/C13H16O8/c1-20-11(17)10(16)13(19,12(18)21-2)6-7-3-4-8(14)9(15)5-7/h3-5,10,14-16,19H,6H2,1-2H3/t10-,13-/m1/s1. The first-order chi connectivity index (χ1) is 9.76. The summed E-state index contributed by atoms with van der Waals surface area (Å²) in [4.78, 5) is 23.1. The summed E-state index contributed by atoms with van der Waals surface area (Å²) >= 11 is 0. The zero-order valence-electron chi connectivity index (χ0n) is 11.4. The summed E-state index contributed by atoms with van der Waals surface area (Å²) in [6.45, 7) is 0. The molecule has 1 aromatic carbocycles. The molecular formula is C13H16O8. The summed E-state index contributed by atoms with van der Waals surface area (Å²) in [5.74, 6) is -3.33. The van der Waals surface area contributed by atoms with Gasteiger partial charge in [-0.25, -0.2) is 9.59 Å². The van der Waals surface area contributed by atoms with Gasteiger partial charge in [-0.15, -0.1) is 0 Å². The zero-order valence-corrected chi connectivity index (χ0v) is 11.4. The highest BCUT2D eigenvalue weighted by Gasteiger charge is 2.49. The van der Waals surface area contributed by atoms with Crippen LogP contribution in [-0.2, 0) is 25.5 Å². The molecular weight excluding hydrogens is 284 g/mol. The van der Waals surface area contributed by atoms with Crippen LogP contribution < -0.4 is 0 Å². The Morgan fingerprint density at radius 1 is 1.19 bits per heavy atom. The molecule has 0 amide bonds. The van der Waals surface area contributed by atoms with Crippen LogP contribution in [0.1, 0.15) is 5.56 Å². The minimum absolute atomic E-state index is 0.182. The van der Waals surface area contributed by atoms with Crippen molar-refractivity contribution < 1.29 is 39.5 Å². The van der Waals surface area contributed by atoms with Crippen molar-refractivity contribution in [3.8, 4) is 11.5 Å². The van der Waals surface area contributed by atoms with Crippen LogP contribution in [0.4, 0.5) is 0 Å². The van der Waals surface area contributed by atoms with Crippen molar-refractivity contribution in [2.45, 2.75) is 18.1 Å². The largest absolute Gasteiger partial charge is 0.504 e. The average molecular weight is 300 g/mol. The van der Waals surface area contributed by atoms with Crippen molar-refractivity contribution in [3.63, 3.8) is 0 Å². The molecule has 116 valence electrons. The number of hydrogen-bond acceptors (Lipinski definition) is 8. The number of esters is 2. The number of phenolic OH excluding ortho intramolecular Hbond substituents is 2. The first-order valence-corrected chi connectivity index (χ1v) is 5.83. The molecule has 0 saturated carbocycles. The Labute approximate surface area is 120 Å². The Kier molecular flexibility index (Phi) is 5.12. The van der Waals surface area contributed by atoms with E-state index in [0.29, 0.717) is 0 Å². The quantitative estimate of drug-likeness (QED) is 0.405. The van der Waals surface area contributed by atoms with Gasteiger partial charge in [-0.2, -0.15) is 0 Å². The number of benzene rings is 1. The summed E-state index contributed by atoms with van der Waals surface area (Å²) in [7, 11) is 1.96. The van der Waals surface area contributed by atoms with Crippen LogP contribution in [0.2, 0.25) is 0 Å². The van der Waals surface area contributed by atoms with Gasteiger partial charge in [0.15, 0.2) is 17.6 Å². The van der Waals surface area contributed by atoms with E-state index in [0.717, 1.165) is 26.4 Å². The fourth-order valence-electron chi connectivity index (χ4n) is 1.75. The second-order valence-electron chi connectivity index (χ2n) is 4.34. The topological polar surface area (TPSA) is 134 Å². The SMILES string of the molecule is COC(=O)[C@@H](O)[C@](O)(Cc1ccc(O)c(O)c1)C(=O)OC. The molecule has 0 bridgehead atoms. The Balaban J connectivity index is 3.16. The lowest BCUT2D eigenvalue weighted by Gasteiger charge is -2.28. The number of carbonyl (C=O) groups excluding carboxylic acids is 2. The lowest BCUT2D eigenvalue weighted by Crippen LogP contribution is -2.55. The second-order valence-corrected chi connectivity index (χ2v) is 4.34. The zero-order chi connectivity index (χ0) is 16.2. The molecule has 8 heteroatoms. The van der Waals surface area contributed by atoms with E-state index in [9.17, 15) is 30.0 Å². The van der Waals surface area contributed by atoms with Crippen molar-refractivity contribution in [1.29, 1.82) is 0 Å². The molecule has 0 aliphatic rings. The molecule has 0 spiro atoms. The molecule has 0 radical (unpaired) electrons. The number of ether oxygens (including phenoxy) is 2. The van der Waals surface area contributed by atoms with Gasteiger partial charge in [-0.05, 0) is 17.7 Å². The number of methoxy groups -OCH3 is 2. The minimum Gasteiger partial charge on any atom is -0.504 e. The predicted octanol–water partition coefficient (Wildman–Crippen LogP) is -0.922. The van der Waals surface area contributed by atoms with Gasteiger partial charge in [0.05, 0.1) is 14.2 Å². The number of hydrogen-bond donors (Lipinski definition) is 4. The smallest absolute Gasteiger partial charge is 0.341 e. The van der Waals surface area contributed by atoms with Crippen LogP contribution in [-0.4, -0.2) is 58.3 Å². The van der Waals surface area contributed by atoms with E-state index in [1.54, 1.807) is 0 Å². The maximum atomic E-state index is 11.7. The lowest BCUT2D eigenvalue weighted by molar-refractivity contribution is -0.187. The molecule has 1 aromatic rings. The van der Waals surface area contributed by atoms with Crippen molar-refractivity contribution >= 4 is 11.9 Å². The van der Waals surface area contributed by atoms with Crippen molar-refractivity contribution in [3.05, 3.63) is 23.8 Å². The fourth-order valence-corrected chi connectivity index (χ4v) is 1.75. The van der Waals surface area contributed by atoms with Crippen molar-refractivity contribution in [1.82, 2.24) is 0 Å². The summed E-state index contributed by atoms with van der Waals surface area (Å²) in [5.41, 5.74) is -2.41. The van der Waals surface area contributed by atoms with Crippen molar-refractivity contribution in [2.24, 2.45) is 0 Å². The maximum Gasteiger partial charge on any atom is 0.341 e. The summed E-state index contributed by atoms with van der Waals surface area (Å²) in [6, 6.07) is 3.51. The molecule has 8 nitrogen and oxygen atoms in total. The van der Waals surface area contributed by atoms with E-state index < -0.39 is 41.6 Å². The lowest BCUT2D eigenvalue weighted by atomic mass is 9.88. The molecule has 0 fully saturated rings. The first-order valence-electron chi connectivity index (χ1n) is 5.83. The van der Waals surface area contributed by atoms with E-state index >= 15 is 0 Å². The molecule has 0 saturated heterocycles. The Morgan fingerprint density at radius 2 is 1.81 bits per heavy atom. The fraction of sp³-hybridized carbons (Fsp3) is 0.385. The van der Waals surface area contributed by atoms with Gasteiger partial charge in [-0.3, -0.25) is 0 Å². The molecule has 0 aromatic heterocycles. The number of aliphatic hydroxyl groups is 2. The number of aromatic hydroxyl groups is 2. The second kappa shape index (κ2) is 6.42. The number of phenols is 2. The van der Waals surface area contributed by atoms with Gasteiger partial charge < -0.3 is 29.9 Å². The number of aliphatic hydroxyl groups excluding tert-OH is 1. The third kappa shape index (κ3) is 3.41. The summed E-state index contributed by atoms with van der Waals surface area (Å²) < 4.78 is 8.68. The van der Waals surface area contributed by atoms with E-state index in [2.05, 4.69) is 9.47 Å². The van der Waals surface area contributed by atoms with Gasteiger partial charge in [0.2, 0.25) is 5.60 Å². The Hall–Kier alpha value is -2.32. The predicted molar refractivity (Wildman–Crippen MR) is 68.5 cm³/mol. The van der Waals surface area contributed by atoms with E-state index in [4.69, 9.17) is 0 Å². The Morgan fingerprint density at radius 3 is 2.29 bits per heavy atom. The third-order valence-corrected chi connectivity index (χ3v) is 2.93. The molecule has 1 rings (SSSR count). The van der Waals surface area contributed by atoms with Crippen LogP contribution in [0.5, 0.6) is 11.5 Å². The van der Waals surface area contributed by atoms with E-state index in [1.807, 2.05) is 0 Å². The van der Waals surface area contributed by atoms with Crippen LogP contribution in [0.3, 0.4) is 0 Å². The van der Waals surface area contributed by atoms with Gasteiger partial charge in [-0.1, -0.05) is 6.07 Å². The molecule has 21 heavy (non-hydrogen) atoms. The molecule has 0 aliphatic carbocycles. The van der Waals surface area contributed by atoms with E-state index in [1.165, 1.54) is 6.07 Å². The number of carbonyl (C=O) groups is 2. The molecule has 4 N–H and O–H groups in total. The van der Waals surface area contributed by atoms with Crippen LogP contribution >= 0.6 is 0 Å². The average Bonchev–Trinajstić information content (AvgIpc) is 2.48. The number of rotatable bonds is 5. The van der Waals surface area contributed by atoms with Crippen LogP contribution in [0, 0.1) is 0 Å². The molecule has 0 unspecified atom stereocenters. The van der Waals surface area contributed by atoms with Crippen LogP contribution in [0.25, 0.3) is 0 Å². The minimum atomic E-state index is -2.59. The summed E-state index contributed by atoms with van der Waals surface area (Å²) in [6.07, 6.45) is -2.71. The highest BCUT2D eigenvalue weighted by atomic mass is 16.6. The van der Waals surface area contributed by atoms with E-state index in [-0.39, 0.29) is 5.56 Å². The van der Waals surface area contributed by atoms with Crippen molar-refractivity contribution in [2.75, 3.05) is 14.2 Å². The first kappa shape index (κ1) is 16.7. The van der Waals surface area contributed by atoms with Gasteiger partial charge >= 0.3 is 11.9 Å². The molecule has 2 atom stereocenters. The van der Waals surface area contributed by atoms with Gasteiger partial charge in [0.1, 0.15) is 0 Å². The highest BCUT2D eigenvalue weighted by molar-refractivity contribution is 5.89. The van der Waals surface area contributed by atoms with Gasteiger partial charge in [0.25, 0.3) is 0 Å². The maximum absolute atomic E-state index is 11.7. The molecule has 0 aliphatic heterocycles. The third-order valence-electron chi connectivity index (χ3n) is 2.93. The monoisotopic (exact) mass is 300 g/mol. The van der Waals surface area contributed by atoms with Crippen LogP contribution in [0.15, 0.2) is 18.2 Å². The van der Waals surface area contributed by atoms with Gasteiger partial charge in [0, 0.05) is 6.42 Å². The highest BCUT2D eigenvalue weighted by Crippen LogP contribution is 2.28. The molecule has 0 heterocycles. The normalized spacial score (nSPS) is 14.9. The summed E-state index contributed by atoms with van der Waals surface area (Å²) in [5, 5.41) is 38.7.